The summed E-state index contributed by atoms with van der Waals surface area (Å²) in [7, 11) is -3.79. The van der Waals surface area contributed by atoms with Crippen LogP contribution in [0.15, 0.2) is 0 Å². The van der Waals surface area contributed by atoms with Crippen LogP contribution in [0, 0.1) is 0 Å². The largest absolute Gasteiger partial charge is 0.481 e. The van der Waals surface area contributed by atoms with E-state index < -0.39 is 22.6 Å². The fraction of sp³-hybridized carbons (Fsp3) is 0.833. The Morgan fingerprint density at radius 1 is 1.11 bits per heavy atom. The van der Waals surface area contributed by atoms with E-state index in [1.54, 1.807) is 0 Å². The molecule has 0 fully saturated rings. The van der Waals surface area contributed by atoms with Crippen LogP contribution in [0.2, 0.25) is 38.3 Å². The molecule has 1 N–H and O–H groups in total. The molecule has 0 saturated heterocycles. The number of hydrogen-bond acceptors (Lipinski definition) is 4. The first-order chi connectivity index (χ1) is 7.68. The normalized spacial score (nSPS) is 10.9. The van der Waals surface area contributed by atoms with Crippen molar-refractivity contribution >= 4 is 29.1 Å². The van der Waals surface area contributed by atoms with Gasteiger partial charge in [-0.05, 0) is 38.3 Å². The number of carboxylic acids is 1. The summed E-state index contributed by atoms with van der Waals surface area (Å²) in [6.07, 6.45) is 0.161. The number of carbonyl (C=O) groups excluding carboxylic acids is 1. The summed E-state index contributed by atoms with van der Waals surface area (Å²) in [6, 6.07) is 1.36. The fourth-order valence-electron chi connectivity index (χ4n) is 1.61. The van der Waals surface area contributed by atoms with Crippen molar-refractivity contribution in [2.75, 3.05) is 6.61 Å². The zero-order valence-electron chi connectivity index (χ0n) is 11.0. The predicted molar refractivity (Wildman–Crippen MR) is 83.4 cm³/mol. The molecular weight excluding hydrogens is 280 g/mol. The Morgan fingerprint density at radius 3 is 2.00 bits per heavy atom. The van der Waals surface area contributed by atoms with Gasteiger partial charge in [-0.1, -0.05) is 14.9 Å². The molecule has 0 aromatic carbocycles. The number of carbonyl (C=O) groups is 2. The minimum atomic E-state index is -1.92. The van der Waals surface area contributed by atoms with Crippen molar-refractivity contribution in [2.24, 2.45) is 0 Å². The van der Waals surface area contributed by atoms with Crippen LogP contribution < -0.4 is 0 Å². The lowest BCUT2D eigenvalue weighted by Gasteiger charge is -2.33. The van der Waals surface area contributed by atoms with Gasteiger partial charge in [0.25, 0.3) is 6.47 Å². The summed E-state index contributed by atoms with van der Waals surface area (Å²) < 4.78 is 10.8. The quantitative estimate of drug-likeness (QED) is 0.402. The monoisotopic (exact) mass is 310 g/mol. The van der Waals surface area contributed by atoms with Gasteiger partial charge in [0.05, 0.1) is 6.61 Å². The van der Waals surface area contributed by atoms with Crippen molar-refractivity contribution in [3.8, 4) is 0 Å². The van der Waals surface area contributed by atoms with Crippen LogP contribution in [0.5, 0.6) is 0 Å². The van der Waals surface area contributed by atoms with E-state index in [4.69, 9.17) is 9.22 Å². The molecule has 0 spiro atoms. The maximum absolute atomic E-state index is 10.5. The van der Waals surface area contributed by atoms with E-state index >= 15 is 0 Å². The van der Waals surface area contributed by atoms with E-state index in [2.05, 4.69) is 17.8 Å². The Morgan fingerprint density at radius 2 is 1.58 bits per heavy atom. The Labute approximate surface area is 119 Å². The summed E-state index contributed by atoms with van der Waals surface area (Å²) in [5, 5.41) is 8.67. The Hall–Kier alpha value is -0.666. The number of ether oxygens (including phenoxy) is 1. The van der Waals surface area contributed by atoms with Crippen molar-refractivity contribution in [2.45, 2.75) is 59.6 Å². The molecule has 0 aliphatic carbocycles. The molecular formula is C12H30O5Si2. The van der Waals surface area contributed by atoms with Crippen molar-refractivity contribution in [1.29, 1.82) is 0 Å². The minimum absolute atomic E-state index is 0. The maximum atomic E-state index is 10.5. The molecule has 0 aromatic rings. The molecule has 0 rings (SSSR count). The molecule has 0 radical (unpaired) electrons. The van der Waals surface area contributed by atoms with E-state index in [1.165, 1.54) is 0 Å². The van der Waals surface area contributed by atoms with Gasteiger partial charge in [0.2, 0.25) is 0 Å². The second-order valence-corrected chi connectivity index (χ2v) is 14.1. The molecule has 0 aliphatic rings. The summed E-state index contributed by atoms with van der Waals surface area (Å²) in [5.41, 5.74) is 0. The van der Waals surface area contributed by atoms with E-state index in [1.807, 2.05) is 13.1 Å². The molecule has 19 heavy (non-hydrogen) atoms. The third-order valence-electron chi connectivity index (χ3n) is 2.38. The molecule has 0 bridgehead atoms. The third-order valence-corrected chi connectivity index (χ3v) is 9.67. The molecule has 0 heterocycles. The van der Waals surface area contributed by atoms with Gasteiger partial charge in [-0.2, -0.15) is 0 Å². The third kappa shape index (κ3) is 13.6. The van der Waals surface area contributed by atoms with Gasteiger partial charge in [0.1, 0.15) is 0 Å². The summed E-state index contributed by atoms with van der Waals surface area (Å²) in [5.74, 6) is -0.780. The topological polar surface area (TPSA) is 72.8 Å². The highest BCUT2D eigenvalue weighted by molar-refractivity contribution is 6.84. The first-order valence-electron chi connectivity index (χ1n) is 5.66. The number of aliphatic carboxylic acids is 1. The smallest absolute Gasteiger partial charge is 0.303 e. The molecule has 0 unspecified atom stereocenters. The summed E-state index contributed by atoms with van der Waals surface area (Å²) in [6.45, 7) is 9.02. The summed E-state index contributed by atoms with van der Waals surface area (Å²) >= 11 is 0. The van der Waals surface area contributed by atoms with Gasteiger partial charge in [-0.25, -0.2) is 0 Å². The highest BCUT2D eigenvalue weighted by Crippen LogP contribution is 2.22. The second kappa shape index (κ2) is 10.2. The van der Waals surface area contributed by atoms with Crippen molar-refractivity contribution in [1.82, 2.24) is 0 Å². The maximum Gasteiger partial charge on any atom is 0.303 e. The predicted octanol–water partition coefficient (Wildman–Crippen LogP) is 3.33. The van der Waals surface area contributed by atoms with Crippen molar-refractivity contribution < 1.29 is 23.5 Å². The van der Waals surface area contributed by atoms with Crippen LogP contribution in [0.1, 0.15) is 21.3 Å². The average Bonchev–Trinajstić information content (AvgIpc) is 2.13. The first-order valence-corrected chi connectivity index (χ1v) is 11.9. The van der Waals surface area contributed by atoms with E-state index in [0.717, 1.165) is 6.04 Å². The second-order valence-electron chi connectivity index (χ2n) is 5.23. The zero-order valence-corrected chi connectivity index (χ0v) is 13.0. The van der Waals surface area contributed by atoms with Crippen molar-refractivity contribution in [3.63, 3.8) is 0 Å². The van der Waals surface area contributed by atoms with E-state index in [-0.39, 0.29) is 21.3 Å². The van der Waals surface area contributed by atoms with Gasteiger partial charge in [0, 0.05) is 6.42 Å². The van der Waals surface area contributed by atoms with Gasteiger partial charge < -0.3 is 14.0 Å². The van der Waals surface area contributed by atoms with Gasteiger partial charge in [-0.15, -0.1) is 0 Å². The minimum Gasteiger partial charge on any atom is -0.481 e. The lowest BCUT2D eigenvalue weighted by atomic mass is 10.5. The van der Waals surface area contributed by atoms with Crippen LogP contribution in [-0.4, -0.2) is 40.8 Å². The lowest BCUT2D eigenvalue weighted by Crippen LogP contribution is -2.45. The summed E-state index contributed by atoms with van der Waals surface area (Å²) in [4.78, 5) is 20.6. The van der Waals surface area contributed by atoms with Crippen LogP contribution in [0.4, 0.5) is 0 Å². The fourth-order valence-corrected chi connectivity index (χ4v) is 9.84. The Bertz CT molecular complexity index is 267. The van der Waals surface area contributed by atoms with Gasteiger partial charge >= 0.3 is 5.97 Å². The van der Waals surface area contributed by atoms with Crippen LogP contribution in [0.3, 0.4) is 0 Å². The van der Waals surface area contributed by atoms with Crippen LogP contribution in [-0.2, 0) is 18.4 Å². The Kier molecular flexibility index (Phi) is 12.5. The SMILES string of the molecule is C.C.C[Si](C)(CCOC=O)O[Si](C)(C)CCC(=O)O. The zero-order chi connectivity index (χ0) is 13.5. The standard InChI is InChI=1S/C10H22O5Si2.2CH4/c1-16(2,7-5-10(12)13)15-17(3,4)8-6-14-9-11;;/h9H,5-8H2,1-4H3,(H,12,13);2*1H4. The van der Waals surface area contributed by atoms with Crippen LogP contribution >= 0.6 is 0 Å². The Balaban J connectivity index is -0.00000128. The lowest BCUT2D eigenvalue weighted by molar-refractivity contribution is -0.136. The molecule has 7 heteroatoms. The molecule has 116 valence electrons. The molecule has 0 amide bonds. The number of carboxylic acid groups (broad SMARTS) is 1. The first kappa shape index (κ1) is 23.4. The van der Waals surface area contributed by atoms with Gasteiger partial charge in [0.15, 0.2) is 16.6 Å². The van der Waals surface area contributed by atoms with E-state index in [0.29, 0.717) is 19.1 Å². The van der Waals surface area contributed by atoms with Gasteiger partial charge in [-0.3, -0.25) is 9.59 Å². The average molecular weight is 311 g/mol. The van der Waals surface area contributed by atoms with E-state index in [9.17, 15) is 9.59 Å². The molecule has 5 nitrogen and oxygen atoms in total. The molecule has 0 aromatic heterocycles. The highest BCUT2D eigenvalue weighted by Gasteiger charge is 2.33. The highest BCUT2D eigenvalue weighted by atomic mass is 28.4. The molecule has 0 aliphatic heterocycles. The van der Waals surface area contributed by atoms with Crippen LogP contribution in [0.25, 0.3) is 0 Å². The molecule has 0 saturated carbocycles. The number of rotatable bonds is 9. The molecule has 0 atom stereocenters. The van der Waals surface area contributed by atoms with Crippen molar-refractivity contribution in [3.05, 3.63) is 0 Å². The number of hydrogen-bond donors (Lipinski definition) is 1.